The molecule has 0 radical (unpaired) electrons. The molecular weight excluding hydrogens is 354 g/mol. The predicted molar refractivity (Wildman–Crippen MR) is 99.4 cm³/mol. The number of nitrogens with two attached hydrogens (primary N) is 1. The van der Waals surface area contributed by atoms with E-state index < -0.39 is 10.1 Å². The number of carbonyl (C=O) groups excluding carboxylic acids is 1. The average molecular weight is 377 g/mol. The lowest BCUT2D eigenvalue weighted by molar-refractivity contribution is -0.141. The molecule has 0 bridgehead atoms. The normalized spacial score (nSPS) is 13.7. The second kappa shape index (κ2) is 8.82. The first kappa shape index (κ1) is 19.9. The van der Waals surface area contributed by atoms with Crippen LogP contribution in [0.15, 0.2) is 54.6 Å². The summed E-state index contributed by atoms with van der Waals surface area (Å²) in [5, 5.41) is 0. The fourth-order valence-corrected chi connectivity index (χ4v) is 3.23. The lowest BCUT2D eigenvalue weighted by Gasteiger charge is -2.24. The van der Waals surface area contributed by atoms with Crippen LogP contribution in [-0.4, -0.2) is 33.8 Å². The van der Waals surface area contributed by atoms with E-state index in [4.69, 9.17) is 14.7 Å². The van der Waals surface area contributed by atoms with Crippen molar-refractivity contribution in [3.63, 3.8) is 0 Å². The van der Waals surface area contributed by atoms with Crippen LogP contribution in [0.2, 0.25) is 0 Å². The Balaban J connectivity index is 2.29. The molecule has 0 aromatic heterocycles. The van der Waals surface area contributed by atoms with E-state index in [1.54, 1.807) is 24.3 Å². The van der Waals surface area contributed by atoms with Gasteiger partial charge in [0, 0.05) is 12.0 Å². The van der Waals surface area contributed by atoms with Crippen molar-refractivity contribution in [2.24, 2.45) is 5.73 Å². The molecule has 0 aliphatic heterocycles. The summed E-state index contributed by atoms with van der Waals surface area (Å²) in [5.74, 6) is -0.537. The van der Waals surface area contributed by atoms with Crippen LogP contribution in [0.4, 0.5) is 0 Å². The lowest BCUT2D eigenvalue weighted by Crippen LogP contribution is -2.32. The molecule has 0 fully saturated rings. The van der Waals surface area contributed by atoms with Crippen molar-refractivity contribution in [3.05, 3.63) is 65.7 Å². The fourth-order valence-electron chi connectivity index (χ4n) is 2.78. The highest BCUT2D eigenvalue weighted by Gasteiger charge is 2.24. The van der Waals surface area contributed by atoms with Gasteiger partial charge in [-0.2, -0.15) is 8.42 Å². The Labute approximate surface area is 154 Å². The third-order valence-corrected chi connectivity index (χ3v) is 4.47. The van der Waals surface area contributed by atoms with E-state index in [1.807, 2.05) is 30.3 Å². The first-order chi connectivity index (χ1) is 12.3. The highest BCUT2D eigenvalue weighted by atomic mass is 32.2. The molecule has 0 aliphatic rings. The van der Waals surface area contributed by atoms with Crippen molar-refractivity contribution in [1.29, 1.82) is 0 Å². The van der Waals surface area contributed by atoms with Crippen LogP contribution >= 0.6 is 0 Å². The quantitative estimate of drug-likeness (QED) is 0.560. The molecule has 2 aromatic rings. The molecule has 0 amide bonds. The summed E-state index contributed by atoms with van der Waals surface area (Å²) in [5.41, 5.74) is 8.17. The minimum atomic E-state index is -3.64. The van der Waals surface area contributed by atoms with Crippen molar-refractivity contribution in [2.75, 3.05) is 13.4 Å². The number of carbonyl (C=O) groups is 1. The number of esters is 1. The van der Waals surface area contributed by atoms with Crippen molar-refractivity contribution >= 4 is 16.1 Å². The molecule has 140 valence electrons. The minimum absolute atomic E-state index is 0.0901. The maximum absolute atomic E-state index is 11.9. The van der Waals surface area contributed by atoms with Gasteiger partial charge in [-0.3, -0.25) is 4.79 Å². The van der Waals surface area contributed by atoms with Crippen molar-refractivity contribution in [1.82, 2.24) is 0 Å². The second-order valence-electron chi connectivity index (χ2n) is 6.10. The summed E-state index contributed by atoms with van der Waals surface area (Å²) in [4.78, 5) is 11.9. The molecule has 0 saturated carbocycles. The number of ether oxygens (including phenoxy) is 1. The van der Waals surface area contributed by atoms with Crippen LogP contribution in [0, 0.1) is 0 Å². The largest absolute Gasteiger partial charge is 0.469 e. The SMILES string of the molecule is COC(=O)CC(c1cccc(OS(C)(=O)=O)c1)C(N)Cc1ccccc1. The van der Waals surface area contributed by atoms with Gasteiger partial charge in [0.15, 0.2) is 0 Å². The van der Waals surface area contributed by atoms with Gasteiger partial charge in [-0.05, 0) is 29.7 Å². The van der Waals surface area contributed by atoms with E-state index in [2.05, 4.69) is 0 Å². The summed E-state index contributed by atoms with van der Waals surface area (Å²) in [6.07, 6.45) is 1.64. The molecule has 6 nitrogen and oxygen atoms in total. The van der Waals surface area contributed by atoms with Gasteiger partial charge in [0.1, 0.15) is 5.75 Å². The molecule has 0 aliphatic carbocycles. The van der Waals surface area contributed by atoms with Crippen molar-refractivity contribution in [3.8, 4) is 5.75 Å². The van der Waals surface area contributed by atoms with Crippen LogP contribution in [0.3, 0.4) is 0 Å². The fraction of sp³-hybridized carbons (Fsp3) is 0.316. The van der Waals surface area contributed by atoms with Crippen LogP contribution in [-0.2, 0) is 26.1 Å². The molecule has 7 heteroatoms. The standard InChI is InChI=1S/C19H23NO5S/c1-24-19(21)13-17(18(20)11-14-7-4-3-5-8-14)15-9-6-10-16(12-15)25-26(2,22)23/h3-10,12,17-18H,11,13,20H2,1-2H3. The molecule has 0 spiro atoms. The molecule has 2 N–H and O–H groups in total. The van der Waals surface area contributed by atoms with Crippen LogP contribution in [0.5, 0.6) is 5.75 Å². The Morgan fingerprint density at radius 1 is 1.12 bits per heavy atom. The second-order valence-corrected chi connectivity index (χ2v) is 7.68. The number of methoxy groups -OCH3 is 1. The Morgan fingerprint density at radius 3 is 2.42 bits per heavy atom. The first-order valence-electron chi connectivity index (χ1n) is 8.14. The predicted octanol–water partition coefficient (Wildman–Crippen LogP) is 2.24. The van der Waals surface area contributed by atoms with Gasteiger partial charge >= 0.3 is 16.1 Å². The summed E-state index contributed by atoms with van der Waals surface area (Å²) in [7, 11) is -2.31. The Bertz CT molecular complexity index is 836. The zero-order chi connectivity index (χ0) is 19.2. The Hall–Kier alpha value is -2.38. The molecule has 2 unspecified atom stereocenters. The molecule has 26 heavy (non-hydrogen) atoms. The molecule has 2 rings (SSSR count). The Kier molecular flexibility index (Phi) is 6.76. The number of rotatable bonds is 8. The van der Waals surface area contributed by atoms with Crippen LogP contribution in [0.1, 0.15) is 23.5 Å². The Morgan fingerprint density at radius 2 is 1.81 bits per heavy atom. The van der Waals surface area contributed by atoms with Crippen LogP contribution < -0.4 is 9.92 Å². The number of hydrogen-bond acceptors (Lipinski definition) is 6. The van der Waals surface area contributed by atoms with Gasteiger partial charge in [-0.25, -0.2) is 0 Å². The van der Waals surface area contributed by atoms with E-state index in [-0.39, 0.29) is 30.1 Å². The summed E-state index contributed by atoms with van der Waals surface area (Å²) < 4.78 is 32.4. The van der Waals surface area contributed by atoms with Gasteiger partial charge in [-0.1, -0.05) is 42.5 Å². The zero-order valence-corrected chi connectivity index (χ0v) is 15.6. The highest BCUT2D eigenvalue weighted by Crippen LogP contribution is 2.28. The van der Waals surface area contributed by atoms with Gasteiger partial charge in [0.25, 0.3) is 0 Å². The minimum Gasteiger partial charge on any atom is -0.469 e. The smallest absolute Gasteiger partial charge is 0.306 e. The molecule has 2 aromatic carbocycles. The molecule has 0 heterocycles. The maximum atomic E-state index is 11.9. The third-order valence-electron chi connectivity index (χ3n) is 3.98. The van der Waals surface area contributed by atoms with Gasteiger partial charge < -0.3 is 14.7 Å². The van der Waals surface area contributed by atoms with E-state index >= 15 is 0 Å². The highest BCUT2D eigenvalue weighted by molar-refractivity contribution is 7.86. The zero-order valence-electron chi connectivity index (χ0n) is 14.8. The maximum Gasteiger partial charge on any atom is 0.306 e. The summed E-state index contributed by atoms with van der Waals surface area (Å²) in [6.45, 7) is 0. The average Bonchev–Trinajstić information content (AvgIpc) is 2.59. The van der Waals surface area contributed by atoms with Gasteiger partial charge in [0.05, 0.1) is 19.8 Å². The van der Waals surface area contributed by atoms with E-state index in [0.717, 1.165) is 17.4 Å². The van der Waals surface area contributed by atoms with Crippen LogP contribution in [0.25, 0.3) is 0 Å². The molecular formula is C19H23NO5S. The lowest BCUT2D eigenvalue weighted by atomic mass is 9.85. The monoisotopic (exact) mass is 377 g/mol. The summed E-state index contributed by atoms with van der Waals surface area (Å²) >= 11 is 0. The topological polar surface area (TPSA) is 95.7 Å². The summed E-state index contributed by atoms with van der Waals surface area (Å²) in [6, 6.07) is 16.0. The van der Waals surface area contributed by atoms with Crippen molar-refractivity contribution in [2.45, 2.75) is 24.8 Å². The van der Waals surface area contributed by atoms with Gasteiger partial charge in [0.2, 0.25) is 0 Å². The molecule has 0 saturated heterocycles. The van der Waals surface area contributed by atoms with E-state index in [0.29, 0.717) is 6.42 Å². The molecule has 2 atom stereocenters. The van der Waals surface area contributed by atoms with E-state index in [9.17, 15) is 13.2 Å². The number of benzene rings is 2. The number of hydrogen-bond donors (Lipinski definition) is 1. The first-order valence-corrected chi connectivity index (χ1v) is 9.96. The van der Waals surface area contributed by atoms with Crippen molar-refractivity contribution < 1.29 is 22.1 Å². The van der Waals surface area contributed by atoms with E-state index in [1.165, 1.54) is 7.11 Å². The third kappa shape index (κ3) is 6.16. The van der Waals surface area contributed by atoms with Gasteiger partial charge in [-0.15, -0.1) is 0 Å².